The van der Waals surface area contributed by atoms with Crippen LogP contribution >= 0.6 is 0 Å². The molecule has 132 valence electrons. The Morgan fingerprint density at radius 2 is 1.84 bits per heavy atom. The van der Waals surface area contributed by atoms with Gasteiger partial charge in [-0.3, -0.25) is 4.79 Å². The smallest absolute Gasteiger partial charge is 0.337 e. The maximum absolute atomic E-state index is 12.9. The number of phenolic OH excluding ortho intramolecular Hbond substituents is 1. The fraction of sp³-hybridized carbons (Fsp3) is 0.300. The number of carbonyl (C=O) groups is 2. The van der Waals surface area contributed by atoms with Gasteiger partial charge >= 0.3 is 5.97 Å². The summed E-state index contributed by atoms with van der Waals surface area (Å²) in [4.78, 5) is 24.7. The predicted octanol–water partition coefficient (Wildman–Crippen LogP) is 3.74. The van der Waals surface area contributed by atoms with Crippen molar-refractivity contribution in [2.45, 2.75) is 32.8 Å². The van der Waals surface area contributed by atoms with Gasteiger partial charge in [-0.15, -0.1) is 0 Å². The SMILES string of the molecule is CCCOC(C(=O)O)c1c(CC)cccc1C(=O)c1cccc(O)c1. The molecule has 2 rings (SSSR count). The molecule has 2 aromatic rings. The van der Waals surface area contributed by atoms with E-state index < -0.39 is 12.1 Å². The maximum atomic E-state index is 12.9. The van der Waals surface area contributed by atoms with Crippen molar-refractivity contribution in [3.05, 3.63) is 64.7 Å². The number of hydrogen-bond acceptors (Lipinski definition) is 4. The van der Waals surface area contributed by atoms with Crippen LogP contribution in [0.1, 0.15) is 53.4 Å². The largest absolute Gasteiger partial charge is 0.508 e. The number of carboxylic acid groups (broad SMARTS) is 1. The van der Waals surface area contributed by atoms with Crippen LogP contribution in [-0.2, 0) is 16.0 Å². The second-order valence-corrected chi connectivity index (χ2v) is 5.70. The topological polar surface area (TPSA) is 83.8 Å². The van der Waals surface area contributed by atoms with Crippen molar-refractivity contribution in [1.29, 1.82) is 0 Å². The summed E-state index contributed by atoms with van der Waals surface area (Å²) in [6, 6.07) is 11.2. The van der Waals surface area contributed by atoms with Crippen LogP contribution in [0.25, 0.3) is 0 Å². The minimum atomic E-state index is -1.20. The lowest BCUT2D eigenvalue weighted by Crippen LogP contribution is -2.21. The van der Waals surface area contributed by atoms with Crippen LogP contribution < -0.4 is 0 Å². The van der Waals surface area contributed by atoms with Crippen molar-refractivity contribution in [2.75, 3.05) is 6.61 Å². The molecule has 0 bridgehead atoms. The minimum absolute atomic E-state index is 0.0175. The quantitative estimate of drug-likeness (QED) is 0.714. The highest BCUT2D eigenvalue weighted by molar-refractivity contribution is 6.10. The van der Waals surface area contributed by atoms with Crippen LogP contribution in [0.15, 0.2) is 42.5 Å². The van der Waals surface area contributed by atoms with E-state index in [-0.39, 0.29) is 23.7 Å². The molecular weight excluding hydrogens is 320 g/mol. The van der Waals surface area contributed by atoms with E-state index in [0.29, 0.717) is 24.0 Å². The summed E-state index contributed by atoms with van der Waals surface area (Å²) in [5.74, 6) is -1.48. The molecule has 0 aliphatic rings. The first-order valence-corrected chi connectivity index (χ1v) is 8.29. The standard InChI is InChI=1S/C20H22O5/c1-3-11-25-19(20(23)24)17-13(4-2)7-6-10-16(17)18(22)14-8-5-9-15(21)12-14/h5-10,12,19,21H,3-4,11H2,1-2H3,(H,23,24). The molecule has 0 fully saturated rings. The Morgan fingerprint density at radius 1 is 1.12 bits per heavy atom. The van der Waals surface area contributed by atoms with Gasteiger partial charge in [0.25, 0.3) is 0 Å². The summed E-state index contributed by atoms with van der Waals surface area (Å²) in [7, 11) is 0. The molecule has 2 aromatic carbocycles. The molecule has 0 aliphatic heterocycles. The Balaban J connectivity index is 2.58. The monoisotopic (exact) mass is 342 g/mol. The van der Waals surface area contributed by atoms with Crippen molar-refractivity contribution in [3.8, 4) is 5.75 Å². The molecule has 0 saturated heterocycles. The zero-order valence-corrected chi connectivity index (χ0v) is 14.4. The summed E-state index contributed by atoms with van der Waals surface area (Å²) >= 11 is 0. The number of benzene rings is 2. The van der Waals surface area contributed by atoms with Gasteiger partial charge in [-0.1, -0.05) is 44.2 Å². The lowest BCUT2D eigenvalue weighted by Gasteiger charge is -2.20. The van der Waals surface area contributed by atoms with E-state index in [2.05, 4.69) is 0 Å². The van der Waals surface area contributed by atoms with Gasteiger partial charge in [-0.25, -0.2) is 4.79 Å². The molecule has 1 unspecified atom stereocenters. The molecule has 0 radical (unpaired) electrons. The van der Waals surface area contributed by atoms with Gasteiger partial charge in [0.05, 0.1) is 0 Å². The predicted molar refractivity (Wildman–Crippen MR) is 94.0 cm³/mol. The van der Waals surface area contributed by atoms with Crippen LogP contribution in [0.3, 0.4) is 0 Å². The van der Waals surface area contributed by atoms with E-state index in [1.165, 1.54) is 12.1 Å². The fourth-order valence-corrected chi connectivity index (χ4v) is 2.75. The molecule has 0 aromatic heterocycles. The molecule has 0 heterocycles. The molecule has 0 spiro atoms. The highest BCUT2D eigenvalue weighted by Gasteiger charge is 2.28. The number of rotatable bonds is 8. The second-order valence-electron chi connectivity index (χ2n) is 5.70. The average molecular weight is 342 g/mol. The van der Waals surface area contributed by atoms with Crippen LogP contribution in [0.4, 0.5) is 0 Å². The Kier molecular flexibility index (Phi) is 6.31. The first kappa shape index (κ1) is 18.7. The van der Waals surface area contributed by atoms with E-state index in [1.807, 2.05) is 13.8 Å². The van der Waals surface area contributed by atoms with Gasteiger partial charge in [0.1, 0.15) is 5.75 Å². The number of ether oxygens (including phenoxy) is 1. The first-order chi connectivity index (χ1) is 12.0. The molecule has 5 nitrogen and oxygen atoms in total. The van der Waals surface area contributed by atoms with Gasteiger partial charge in [0.2, 0.25) is 0 Å². The third-order valence-corrected chi connectivity index (χ3v) is 3.91. The normalized spacial score (nSPS) is 11.9. The van der Waals surface area contributed by atoms with Crippen LogP contribution in [0.5, 0.6) is 5.75 Å². The average Bonchev–Trinajstić information content (AvgIpc) is 2.61. The summed E-state index contributed by atoms with van der Waals surface area (Å²) in [5, 5.41) is 19.2. The van der Waals surface area contributed by atoms with Gasteiger partial charge < -0.3 is 14.9 Å². The molecule has 5 heteroatoms. The van der Waals surface area contributed by atoms with E-state index in [0.717, 1.165) is 5.56 Å². The molecule has 2 N–H and O–H groups in total. The molecule has 25 heavy (non-hydrogen) atoms. The van der Waals surface area contributed by atoms with E-state index in [9.17, 15) is 19.8 Å². The number of aryl methyl sites for hydroxylation is 1. The first-order valence-electron chi connectivity index (χ1n) is 8.29. The van der Waals surface area contributed by atoms with Gasteiger partial charge in [-0.05, 0) is 30.5 Å². The second kappa shape index (κ2) is 8.44. The van der Waals surface area contributed by atoms with Crippen LogP contribution in [0, 0.1) is 0 Å². The zero-order valence-electron chi connectivity index (χ0n) is 14.4. The number of ketones is 1. The Hall–Kier alpha value is -2.66. The Labute approximate surface area is 146 Å². The van der Waals surface area contributed by atoms with Crippen molar-refractivity contribution >= 4 is 11.8 Å². The maximum Gasteiger partial charge on any atom is 0.337 e. The molecule has 1 atom stereocenters. The van der Waals surface area contributed by atoms with Gasteiger partial charge in [0, 0.05) is 23.3 Å². The number of phenols is 1. The Bertz CT molecular complexity index is 766. The molecule has 0 aliphatic carbocycles. The Morgan fingerprint density at radius 3 is 2.44 bits per heavy atom. The van der Waals surface area contributed by atoms with Crippen molar-refractivity contribution in [2.24, 2.45) is 0 Å². The van der Waals surface area contributed by atoms with Gasteiger partial charge in [-0.2, -0.15) is 0 Å². The minimum Gasteiger partial charge on any atom is -0.508 e. The van der Waals surface area contributed by atoms with Crippen molar-refractivity contribution < 1.29 is 24.5 Å². The fourth-order valence-electron chi connectivity index (χ4n) is 2.75. The summed E-state index contributed by atoms with van der Waals surface area (Å²) in [6.45, 7) is 4.08. The highest BCUT2D eigenvalue weighted by atomic mass is 16.5. The molecule has 0 amide bonds. The van der Waals surface area contributed by atoms with E-state index in [4.69, 9.17) is 4.74 Å². The number of hydrogen-bond donors (Lipinski definition) is 2. The lowest BCUT2D eigenvalue weighted by atomic mass is 9.90. The highest BCUT2D eigenvalue weighted by Crippen LogP contribution is 2.29. The zero-order chi connectivity index (χ0) is 18.4. The number of carbonyl (C=O) groups excluding carboxylic acids is 1. The van der Waals surface area contributed by atoms with Crippen LogP contribution in [0.2, 0.25) is 0 Å². The third kappa shape index (κ3) is 4.25. The number of aliphatic carboxylic acids is 1. The summed E-state index contributed by atoms with van der Waals surface area (Å²) in [6.07, 6.45) is 0.0521. The lowest BCUT2D eigenvalue weighted by molar-refractivity contribution is -0.151. The third-order valence-electron chi connectivity index (χ3n) is 3.91. The van der Waals surface area contributed by atoms with Crippen molar-refractivity contribution in [3.63, 3.8) is 0 Å². The van der Waals surface area contributed by atoms with E-state index in [1.54, 1.807) is 30.3 Å². The van der Waals surface area contributed by atoms with Crippen LogP contribution in [-0.4, -0.2) is 28.6 Å². The number of carboxylic acids is 1. The van der Waals surface area contributed by atoms with Crippen molar-refractivity contribution in [1.82, 2.24) is 0 Å². The number of aromatic hydroxyl groups is 1. The molecule has 0 saturated carbocycles. The molecular formula is C20H22O5. The summed E-state index contributed by atoms with van der Waals surface area (Å²) in [5.41, 5.74) is 1.73. The summed E-state index contributed by atoms with van der Waals surface area (Å²) < 4.78 is 5.53. The van der Waals surface area contributed by atoms with Gasteiger partial charge in [0.15, 0.2) is 11.9 Å². The van der Waals surface area contributed by atoms with E-state index >= 15 is 0 Å².